The van der Waals surface area contributed by atoms with Crippen LogP contribution in [0.2, 0.25) is 0 Å². The van der Waals surface area contributed by atoms with Crippen LogP contribution in [-0.4, -0.2) is 55.2 Å². The van der Waals surface area contributed by atoms with Crippen LogP contribution in [0.25, 0.3) is 0 Å². The number of alkyl halides is 6. The summed E-state index contributed by atoms with van der Waals surface area (Å²) in [4.78, 5) is 23.5. The van der Waals surface area contributed by atoms with Gasteiger partial charge in [0.25, 0.3) is 5.92 Å². The predicted octanol–water partition coefficient (Wildman–Crippen LogP) is 2.32. The molecular formula is C12H15F6NO3. The van der Waals surface area contributed by atoms with E-state index >= 15 is 0 Å². The molecule has 0 aliphatic heterocycles. The molecule has 0 saturated heterocycles. The van der Waals surface area contributed by atoms with E-state index in [1.807, 2.05) is 0 Å². The van der Waals surface area contributed by atoms with Crippen LogP contribution >= 0.6 is 0 Å². The predicted molar refractivity (Wildman–Crippen MR) is 61.8 cm³/mol. The normalized spacial score (nSPS) is 20.7. The van der Waals surface area contributed by atoms with E-state index in [1.165, 1.54) is 0 Å². The summed E-state index contributed by atoms with van der Waals surface area (Å²) in [5.74, 6) is -6.43. The van der Waals surface area contributed by atoms with Gasteiger partial charge in [-0.2, -0.15) is 13.2 Å². The molecule has 1 aliphatic carbocycles. The monoisotopic (exact) mass is 335 g/mol. The Morgan fingerprint density at radius 2 is 1.77 bits per heavy atom. The van der Waals surface area contributed by atoms with Crippen molar-refractivity contribution in [2.45, 2.75) is 38.0 Å². The quantitative estimate of drug-likeness (QED) is 0.572. The molecule has 0 heterocycles. The lowest BCUT2D eigenvalue weighted by Gasteiger charge is -2.48. The van der Waals surface area contributed by atoms with Gasteiger partial charge >= 0.3 is 12.1 Å². The molecule has 1 fully saturated rings. The maximum absolute atomic E-state index is 13.1. The van der Waals surface area contributed by atoms with Gasteiger partial charge in [-0.15, -0.1) is 0 Å². The zero-order valence-corrected chi connectivity index (χ0v) is 11.8. The number of hydrogen-bond acceptors (Lipinski definition) is 3. The van der Waals surface area contributed by atoms with E-state index < -0.39 is 61.5 Å². The SMILES string of the molecule is COC(=O)CN(CC(C)F)C(=O)C1(C(F)(F)F)CC(F)(F)C1. The largest absolute Gasteiger partial charge is 0.468 e. The Hall–Kier alpha value is -1.48. The molecule has 0 N–H and O–H groups in total. The molecular weight excluding hydrogens is 320 g/mol. The number of amides is 1. The molecule has 1 amide bonds. The van der Waals surface area contributed by atoms with E-state index in [4.69, 9.17) is 0 Å². The summed E-state index contributed by atoms with van der Waals surface area (Å²) in [6.07, 6.45) is -10.4. The van der Waals surface area contributed by atoms with Crippen LogP contribution in [0.4, 0.5) is 26.3 Å². The Morgan fingerprint density at radius 1 is 1.27 bits per heavy atom. The van der Waals surface area contributed by atoms with Crippen LogP contribution in [0.1, 0.15) is 19.8 Å². The fourth-order valence-electron chi connectivity index (χ4n) is 2.35. The van der Waals surface area contributed by atoms with Gasteiger partial charge in [0.2, 0.25) is 5.91 Å². The van der Waals surface area contributed by atoms with E-state index in [9.17, 15) is 35.9 Å². The van der Waals surface area contributed by atoms with Gasteiger partial charge in [-0.25, -0.2) is 13.2 Å². The zero-order chi connectivity index (χ0) is 17.3. The topological polar surface area (TPSA) is 46.6 Å². The van der Waals surface area contributed by atoms with Crippen LogP contribution < -0.4 is 0 Å². The molecule has 1 unspecified atom stereocenters. The number of rotatable bonds is 5. The first kappa shape index (κ1) is 18.6. The molecule has 0 aromatic rings. The van der Waals surface area contributed by atoms with E-state index in [-0.39, 0.29) is 4.90 Å². The minimum absolute atomic E-state index is 0.277. The Labute approximate surface area is 122 Å². The van der Waals surface area contributed by atoms with Crippen molar-refractivity contribution in [3.05, 3.63) is 0 Å². The minimum atomic E-state index is -5.22. The van der Waals surface area contributed by atoms with Gasteiger partial charge in [-0.05, 0) is 6.92 Å². The highest BCUT2D eigenvalue weighted by atomic mass is 19.4. The van der Waals surface area contributed by atoms with Gasteiger partial charge in [-0.1, -0.05) is 0 Å². The van der Waals surface area contributed by atoms with Crippen molar-refractivity contribution in [1.82, 2.24) is 4.90 Å². The van der Waals surface area contributed by atoms with Crippen molar-refractivity contribution in [2.24, 2.45) is 5.41 Å². The van der Waals surface area contributed by atoms with Crippen molar-refractivity contribution < 1.29 is 40.7 Å². The van der Waals surface area contributed by atoms with Crippen LogP contribution in [-0.2, 0) is 14.3 Å². The van der Waals surface area contributed by atoms with Gasteiger partial charge in [-0.3, -0.25) is 9.59 Å². The Kier molecular flexibility index (Phi) is 5.03. The second-order valence-electron chi connectivity index (χ2n) is 5.33. The summed E-state index contributed by atoms with van der Waals surface area (Å²) >= 11 is 0. The third-order valence-corrected chi connectivity index (χ3v) is 3.38. The second kappa shape index (κ2) is 5.96. The number of carbonyl (C=O) groups excluding carboxylic acids is 2. The standard InChI is InChI=1S/C12H15F6NO3/c1-7(13)3-19(4-8(20)22-2)9(21)10(12(16,17)18)5-11(14,15)6-10/h7H,3-6H2,1-2H3. The summed E-state index contributed by atoms with van der Waals surface area (Å²) in [7, 11) is 0.931. The lowest BCUT2D eigenvalue weighted by atomic mass is 9.64. The van der Waals surface area contributed by atoms with Gasteiger partial charge in [0.1, 0.15) is 12.7 Å². The van der Waals surface area contributed by atoms with Crippen LogP contribution in [0.15, 0.2) is 0 Å². The van der Waals surface area contributed by atoms with Gasteiger partial charge < -0.3 is 9.64 Å². The van der Waals surface area contributed by atoms with Gasteiger partial charge in [0.15, 0.2) is 5.41 Å². The highest BCUT2D eigenvalue weighted by molar-refractivity contribution is 5.88. The number of nitrogens with zero attached hydrogens (tertiary/aromatic N) is 1. The highest BCUT2D eigenvalue weighted by Crippen LogP contribution is 2.60. The average molecular weight is 335 g/mol. The number of methoxy groups -OCH3 is 1. The molecule has 1 atom stereocenters. The van der Waals surface area contributed by atoms with Gasteiger partial charge in [0, 0.05) is 12.8 Å². The van der Waals surface area contributed by atoms with Crippen LogP contribution in [0.3, 0.4) is 0 Å². The lowest BCUT2D eigenvalue weighted by Crippen LogP contribution is -2.64. The first-order valence-corrected chi connectivity index (χ1v) is 6.29. The summed E-state index contributed by atoms with van der Waals surface area (Å²) in [5, 5.41) is 0. The average Bonchev–Trinajstić information content (AvgIpc) is 2.31. The number of carbonyl (C=O) groups is 2. The van der Waals surface area contributed by atoms with E-state index in [1.54, 1.807) is 0 Å². The van der Waals surface area contributed by atoms with Crippen LogP contribution in [0, 0.1) is 5.41 Å². The number of hydrogen-bond donors (Lipinski definition) is 0. The molecule has 0 aromatic carbocycles. The zero-order valence-electron chi connectivity index (χ0n) is 11.8. The third-order valence-electron chi connectivity index (χ3n) is 3.38. The van der Waals surface area contributed by atoms with Gasteiger partial charge in [0.05, 0.1) is 13.7 Å². The summed E-state index contributed by atoms with van der Waals surface area (Å²) in [6.45, 7) is -0.794. The number of esters is 1. The molecule has 0 bridgehead atoms. The fraction of sp³-hybridized carbons (Fsp3) is 0.833. The first-order chi connectivity index (χ1) is 9.84. The maximum Gasteiger partial charge on any atom is 0.403 e. The molecule has 1 rings (SSSR count). The Morgan fingerprint density at radius 3 is 2.09 bits per heavy atom. The summed E-state index contributed by atoms with van der Waals surface area (Å²) in [6, 6.07) is 0. The maximum atomic E-state index is 13.1. The van der Waals surface area contributed by atoms with Crippen molar-refractivity contribution in [1.29, 1.82) is 0 Å². The third kappa shape index (κ3) is 3.64. The molecule has 10 heteroatoms. The number of halogens is 6. The van der Waals surface area contributed by atoms with E-state index in [0.717, 1.165) is 14.0 Å². The second-order valence-corrected chi connectivity index (χ2v) is 5.33. The Bertz CT molecular complexity index is 441. The van der Waals surface area contributed by atoms with Crippen molar-refractivity contribution in [3.8, 4) is 0 Å². The van der Waals surface area contributed by atoms with Crippen molar-refractivity contribution in [2.75, 3.05) is 20.2 Å². The van der Waals surface area contributed by atoms with E-state index in [0.29, 0.717) is 0 Å². The number of ether oxygens (including phenoxy) is 1. The molecule has 0 spiro atoms. The molecule has 0 radical (unpaired) electrons. The molecule has 128 valence electrons. The molecule has 1 saturated carbocycles. The molecule has 4 nitrogen and oxygen atoms in total. The fourth-order valence-corrected chi connectivity index (χ4v) is 2.35. The first-order valence-electron chi connectivity index (χ1n) is 6.29. The smallest absolute Gasteiger partial charge is 0.403 e. The summed E-state index contributed by atoms with van der Waals surface area (Å²) < 4.78 is 82.4. The molecule has 0 aromatic heterocycles. The van der Waals surface area contributed by atoms with Crippen LogP contribution in [0.5, 0.6) is 0 Å². The van der Waals surface area contributed by atoms with E-state index in [2.05, 4.69) is 4.74 Å². The highest BCUT2D eigenvalue weighted by Gasteiger charge is 2.74. The summed E-state index contributed by atoms with van der Waals surface area (Å²) in [5.41, 5.74) is -3.29. The Balaban J connectivity index is 3.06. The van der Waals surface area contributed by atoms with Crippen molar-refractivity contribution >= 4 is 11.9 Å². The molecule has 1 aliphatic rings. The minimum Gasteiger partial charge on any atom is -0.468 e. The lowest BCUT2D eigenvalue weighted by molar-refractivity contribution is -0.299. The van der Waals surface area contributed by atoms with Crippen molar-refractivity contribution in [3.63, 3.8) is 0 Å². The molecule has 22 heavy (non-hydrogen) atoms.